The summed E-state index contributed by atoms with van der Waals surface area (Å²) in [6, 6.07) is 0. The molecule has 0 aliphatic rings. The van der Waals surface area contributed by atoms with Gasteiger partial charge in [-0.2, -0.15) is 0 Å². The van der Waals surface area contributed by atoms with E-state index in [9.17, 15) is 9.59 Å². The number of carbonyl (C=O) groups excluding carboxylic acids is 2. The van der Waals surface area contributed by atoms with Crippen LogP contribution >= 0.6 is 0 Å². The molecule has 0 fully saturated rings. The quantitative estimate of drug-likeness (QED) is 0.116. The van der Waals surface area contributed by atoms with Crippen molar-refractivity contribution < 1.29 is 14.3 Å². The summed E-state index contributed by atoms with van der Waals surface area (Å²) in [7, 11) is 0. The first kappa shape index (κ1) is 25.4. The number of esters is 1. The number of ether oxygens (including phenoxy) is 1. The smallest absolute Gasteiger partial charge is 0.333 e. The van der Waals surface area contributed by atoms with E-state index in [1.807, 2.05) is 0 Å². The summed E-state index contributed by atoms with van der Waals surface area (Å²) in [6.07, 6.45) is 11.4. The molecule has 0 spiro atoms. The maximum absolute atomic E-state index is 12.6. The number of rotatable bonds is 17. The first-order chi connectivity index (χ1) is 12.9. The molecule has 6 N–H and O–H groups in total. The van der Waals surface area contributed by atoms with E-state index in [2.05, 4.69) is 11.9 Å². The highest BCUT2D eigenvalue weighted by Crippen LogP contribution is 2.19. The predicted octanol–water partition coefficient (Wildman–Crippen LogP) is 2.79. The topological polar surface area (TPSA) is 134 Å². The summed E-state index contributed by atoms with van der Waals surface area (Å²) in [5, 5.41) is 0. The standard InChI is InChI=1S/C20H40N4O3/c1-3-5-6-7-8-9-10-11-12-14-17(25)20(23,18(26)27-4-2)15-13-16-24-19(21)22/h3-16,23H2,1-2H3,(H4,21,22,24). The lowest BCUT2D eigenvalue weighted by molar-refractivity contribution is -0.154. The fraction of sp³-hybridized carbons (Fsp3) is 0.850. The van der Waals surface area contributed by atoms with Crippen LogP contribution in [0, 0.1) is 0 Å². The molecular weight excluding hydrogens is 344 g/mol. The highest BCUT2D eigenvalue weighted by atomic mass is 16.5. The second kappa shape index (κ2) is 15.4. The van der Waals surface area contributed by atoms with Crippen LogP contribution in [0.1, 0.15) is 90.9 Å². The summed E-state index contributed by atoms with van der Waals surface area (Å²) in [5.41, 5.74) is 15.1. The average molecular weight is 385 g/mol. The Morgan fingerprint density at radius 3 is 1.96 bits per heavy atom. The molecule has 0 rings (SSSR count). The number of carbonyl (C=O) groups is 2. The fourth-order valence-electron chi connectivity index (χ4n) is 3.00. The molecule has 27 heavy (non-hydrogen) atoms. The van der Waals surface area contributed by atoms with Gasteiger partial charge in [0.15, 0.2) is 17.3 Å². The molecule has 0 aromatic heterocycles. The highest BCUT2D eigenvalue weighted by molar-refractivity contribution is 6.08. The van der Waals surface area contributed by atoms with E-state index in [1.165, 1.54) is 38.5 Å². The van der Waals surface area contributed by atoms with Crippen molar-refractivity contribution in [3.05, 3.63) is 0 Å². The zero-order valence-corrected chi connectivity index (χ0v) is 17.3. The Balaban J connectivity index is 4.30. The molecule has 0 radical (unpaired) electrons. The Morgan fingerprint density at radius 2 is 1.44 bits per heavy atom. The largest absolute Gasteiger partial charge is 0.464 e. The average Bonchev–Trinajstić information content (AvgIpc) is 2.63. The van der Waals surface area contributed by atoms with Gasteiger partial charge in [-0.25, -0.2) is 4.79 Å². The highest BCUT2D eigenvalue weighted by Gasteiger charge is 2.41. The van der Waals surface area contributed by atoms with E-state index in [0.717, 1.165) is 19.3 Å². The lowest BCUT2D eigenvalue weighted by Crippen LogP contribution is -2.55. The second-order valence-electron chi connectivity index (χ2n) is 7.10. The molecule has 0 aromatic rings. The molecule has 7 nitrogen and oxygen atoms in total. The number of hydrogen-bond donors (Lipinski definition) is 3. The van der Waals surface area contributed by atoms with Crippen LogP contribution in [0.5, 0.6) is 0 Å². The van der Waals surface area contributed by atoms with E-state index in [1.54, 1.807) is 6.92 Å². The number of aliphatic imine (C=N–C) groups is 1. The van der Waals surface area contributed by atoms with Gasteiger partial charge < -0.3 is 21.9 Å². The monoisotopic (exact) mass is 384 g/mol. The number of nitrogens with two attached hydrogens (primary N) is 3. The van der Waals surface area contributed by atoms with E-state index in [-0.39, 0.29) is 24.8 Å². The minimum atomic E-state index is -1.60. The van der Waals surface area contributed by atoms with Gasteiger partial charge in [0, 0.05) is 13.0 Å². The molecule has 0 amide bonds. The molecule has 158 valence electrons. The van der Waals surface area contributed by atoms with Crippen molar-refractivity contribution in [2.75, 3.05) is 13.2 Å². The van der Waals surface area contributed by atoms with E-state index in [4.69, 9.17) is 21.9 Å². The normalized spacial score (nSPS) is 13.0. The first-order valence-corrected chi connectivity index (χ1v) is 10.4. The maximum Gasteiger partial charge on any atom is 0.333 e. The number of nitrogens with zero attached hydrogens (tertiary/aromatic N) is 1. The zero-order valence-electron chi connectivity index (χ0n) is 17.3. The van der Waals surface area contributed by atoms with Gasteiger partial charge in [-0.15, -0.1) is 0 Å². The molecule has 1 atom stereocenters. The Kier molecular flexibility index (Phi) is 14.5. The molecule has 0 saturated carbocycles. The molecule has 0 saturated heterocycles. The second-order valence-corrected chi connectivity index (χ2v) is 7.10. The van der Waals surface area contributed by atoms with Gasteiger partial charge in [0.2, 0.25) is 0 Å². The Labute approximate surface area is 164 Å². The minimum Gasteiger partial charge on any atom is -0.464 e. The van der Waals surface area contributed by atoms with Gasteiger partial charge in [-0.1, -0.05) is 58.3 Å². The predicted molar refractivity (Wildman–Crippen MR) is 110 cm³/mol. The molecule has 0 aliphatic heterocycles. The van der Waals surface area contributed by atoms with E-state index < -0.39 is 11.5 Å². The number of unbranched alkanes of at least 4 members (excludes halogenated alkanes) is 8. The Hall–Kier alpha value is -1.63. The third-order valence-corrected chi connectivity index (χ3v) is 4.67. The van der Waals surface area contributed by atoms with Crippen molar-refractivity contribution in [3.8, 4) is 0 Å². The maximum atomic E-state index is 12.6. The third kappa shape index (κ3) is 11.6. The van der Waals surface area contributed by atoms with Crippen LogP contribution in [0.25, 0.3) is 0 Å². The van der Waals surface area contributed by atoms with E-state index >= 15 is 0 Å². The molecule has 1 unspecified atom stereocenters. The van der Waals surface area contributed by atoms with Gasteiger partial charge in [-0.3, -0.25) is 9.79 Å². The van der Waals surface area contributed by atoms with Gasteiger partial charge in [-0.05, 0) is 26.2 Å². The van der Waals surface area contributed by atoms with Crippen molar-refractivity contribution in [3.63, 3.8) is 0 Å². The summed E-state index contributed by atoms with van der Waals surface area (Å²) in [6.45, 7) is 4.43. The molecule has 7 heteroatoms. The molecular formula is C20H40N4O3. The van der Waals surface area contributed by atoms with Crippen molar-refractivity contribution >= 4 is 17.7 Å². The SMILES string of the molecule is CCCCCCCCCCCC(=O)C(N)(CCCN=C(N)N)C(=O)OCC. The number of hydrogen-bond acceptors (Lipinski definition) is 5. The lowest BCUT2D eigenvalue weighted by atomic mass is 9.86. The first-order valence-electron chi connectivity index (χ1n) is 10.4. The fourth-order valence-corrected chi connectivity index (χ4v) is 3.00. The van der Waals surface area contributed by atoms with Crippen molar-refractivity contribution in [2.24, 2.45) is 22.2 Å². The van der Waals surface area contributed by atoms with Crippen LogP contribution in [-0.2, 0) is 14.3 Å². The van der Waals surface area contributed by atoms with Gasteiger partial charge in [0.25, 0.3) is 0 Å². The van der Waals surface area contributed by atoms with E-state index in [0.29, 0.717) is 19.4 Å². The van der Waals surface area contributed by atoms with Crippen molar-refractivity contribution in [2.45, 2.75) is 96.4 Å². The molecule has 0 aromatic carbocycles. The molecule has 0 bridgehead atoms. The van der Waals surface area contributed by atoms with Crippen LogP contribution in [0.2, 0.25) is 0 Å². The molecule has 0 aliphatic carbocycles. The van der Waals surface area contributed by atoms with Crippen molar-refractivity contribution in [1.29, 1.82) is 0 Å². The Morgan fingerprint density at radius 1 is 0.889 bits per heavy atom. The molecule has 0 heterocycles. The number of Topliss-reactive ketones (excluding diaryl/α,β-unsaturated/α-hetero) is 1. The summed E-state index contributed by atoms with van der Waals surface area (Å²) >= 11 is 0. The van der Waals surface area contributed by atoms with Gasteiger partial charge >= 0.3 is 5.97 Å². The summed E-state index contributed by atoms with van der Waals surface area (Å²) < 4.78 is 5.03. The number of guanidine groups is 1. The third-order valence-electron chi connectivity index (χ3n) is 4.67. The minimum absolute atomic E-state index is 0.0187. The van der Waals surface area contributed by atoms with Crippen molar-refractivity contribution in [1.82, 2.24) is 0 Å². The lowest BCUT2D eigenvalue weighted by Gasteiger charge is -2.25. The van der Waals surface area contributed by atoms with Crippen LogP contribution in [-0.4, -0.2) is 36.4 Å². The van der Waals surface area contributed by atoms with Crippen LogP contribution in [0.4, 0.5) is 0 Å². The van der Waals surface area contributed by atoms with Crippen LogP contribution in [0.3, 0.4) is 0 Å². The summed E-state index contributed by atoms with van der Waals surface area (Å²) in [4.78, 5) is 28.7. The van der Waals surface area contributed by atoms with Gasteiger partial charge in [0.05, 0.1) is 6.61 Å². The Bertz CT molecular complexity index is 451. The zero-order chi connectivity index (χ0) is 20.5. The summed E-state index contributed by atoms with van der Waals surface area (Å²) in [5.74, 6) is -0.931. The van der Waals surface area contributed by atoms with Crippen LogP contribution in [0.15, 0.2) is 4.99 Å². The van der Waals surface area contributed by atoms with Crippen LogP contribution < -0.4 is 17.2 Å². The van der Waals surface area contributed by atoms with Gasteiger partial charge in [0.1, 0.15) is 0 Å². The number of ketones is 1.